The number of piperazine rings is 1. The number of imidazole rings is 1. The van der Waals surface area contributed by atoms with Crippen molar-refractivity contribution < 1.29 is 13.7 Å². The topological polar surface area (TPSA) is 116 Å². The van der Waals surface area contributed by atoms with Gasteiger partial charge >= 0.3 is 0 Å². The van der Waals surface area contributed by atoms with Crippen molar-refractivity contribution >= 4 is 17.1 Å². The van der Waals surface area contributed by atoms with Gasteiger partial charge in [-0.05, 0) is 30.3 Å². The number of carbonyl (C=O) groups is 1. The molecular formula is C32H35FN8O2. The Morgan fingerprint density at radius 1 is 1.02 bits per heavy atom. The highest BCUT2D eigenvalue weighted by Gasteiger charge is 2.24. The summed E-state index contributed by atoms with van der Waals surface area (Å²) >= 11 is 0. The van der Waals surface area contributed by atoms with E-state index in [9.17, 15) is 4.79 Å². The summed E-state index contributed by atoms with van der Waals surface area (Å²) < 4.78 is 20.4. The first-order valence-electron chi connectivity index (χ1n) is 14.4. The zero-order valence-corrected chi connectivity index (χ0v) is 24.8. The number of hydrogen-bond acceptors (Lipinski definition) is 8. The first-order valence-corrected chi connectivity index (χ1v) is 14.4. The quantitative estimate of drug-likeness (QED) is 0.282. The van der Waals surface area contributed by atoms with Crippen LogP contribution in [0.3, 0.4) is 0 Å². The second-order valence-corrected chi connectivity index (χ2v) is 12.1. The summed E-state index contributed by atoms with van der Waals surface area (Å²) in [4.78, 5) is 34.1. The minimum atomic E-state index is -0.532. The van der Waals surface area contributed by atoms with E-state index in [1.54, 1.807) is 12.3 Å². The predicted octanol–water partition coefficient (Wildman–Crippen LogP) is 4.79. The third-order valence-electron chi connectivity index (χ3n) is 7.69. The van der Waals surface area contributed by atoms with Crippen LogP contribution in [-0.4, -0.2) is 74.0 Å². The summed E-state index contributed by atoms with van der Waals surface area (Å²) in [5, 5.41) is 6.41. The van der Waals surface area contributed by atoms with Crippen molar-refractivity contribution in [2.24, 2.45) is 0 Å². The number of halogens is 1. The number of H-pyrrole nitrogens is 1. The second-order valence-electron chi connectivity index (χ2n) is 12.1. The van der Waals surface area contributed by atoms with Crippen LogP contribution in [0.25, 0.3) is 33.7 Å². The second kappa shape index (κ2) is 11.7. The van der Waals surface area contributed by atoms with Gasteiger partial charge < -0.3 is 19.7 Å². The number of benzene rings is 2. The van der Waals surface area contributed by atoms with Gasteiger partial charge in [0.25, 0.3) is 11.7 Å². The molecule has 1 aliphatic rings. The van der Waals surface area contributed by atoms with E-state index in [-0.39, 0.29) is 17.8 Å². The summed E-state index contributed by atoms with van der Waals surface area (Å²) in [6.45, 7) is 11.0. The van der Waals surface area contributed by atoms with Crippen molar-refractivity contribution in [2.75, 3.05) is 33.2 Å². The first kappa shape index (κ1) is 28.6. The summed E-state index contributed by atoms with van der Waals surface area (Å²) in [5.74, 6) is 0.00154. The maximum atomic E-state index is 15.2. The molecule has 0 aliphatic carbocycles. The van der Waals surface area contributed by atoms with E-state index in [2.05, 4.69) is 66.5 Å². The average Bonchev–Trinajstić information content (AvgIpc) is 3.66. The predicted molar refractivity (Wildman–Crippen MR) is 162 cm³/mol. The van der Waals surface area contributed by atoms with Crippen molar-refractivity contribution in [3.63, 3.8) is 0 Å². The van der Waals surface area contributed by atoms with Crippen molar-refractivity contribution in [3.05, 3.63) is 83.4 Å². The number of nitrogens with one attached hydrogen (secondary N) is 2. The van der Waals surface area contributed by atoms with Crippen molar-refractivity contribution in [1.29, 1.82) is 0 Å². The van der Waals surface area contributed by atoms with E-state index < -0.39 is 11.7 Å². The number of aromatic nitrogens is 5. The highest BCUT2D eigenvalue weighted by Crippen LogP contribution is 2.30. The Kier molecular flexibility index (Phi) is 7.76. The van der Waals surface area contributed by atoms with Gasteiger partial charge in [0.1, 0.15) is 17.2 Å². The molecule has 1 fully saturated rings. The molecule has 0 bridgehead atoms. The third kappa shape index (κ3) is 6.32. The van der Waals surface area contributed by atoms with Crippen LogP contribution in [0.1, 0.15) is 48.4 Å². The average molecular weight is 583 g/mol. The SMILES string of the molecule is CN1CCN(Cc2ccc(-c3nc4c(-c5ccc(CNC(=O)c6noc(C(C)(C)C)n6)c(F)c5)ccnc4[nH]3)cc2)CC1. The molecule has 0 saturated carbocycles. The highest BCUT2D eigenvalue weighted by molar-refractivity contribution is 5.92. The molecule has 0 spiro atoms. The molecule has 11 heteroatoms. The van der Waals surface area contributed by atoms with E-state index in [1.807, 2.05) is 32.9 Å². The van der Waals surface area contributed by atoms with Crippen LogP contribution in [0.5, 0.6) is 0 Å². The van der Waals surface area contributed by atoms with Gasteiger partial charge in [0.05, 0.1) is 0 Å². The van der Waals surface area contributed by atoms with Crippen LogP contribution in [-0.2, 0) is 18.5 Å². The monoisotopic (exact) mass is 582 g/mol. The Balaban J connectivity index is 1.16. The molecule has 0 atom stereocenters. The molecule has 3 aromatic heterocycles. The molecule has 222 valence electrons. The Morgan fingerprint density at radius 3 is 2.47 bits per heavy atom. The number of nitrogens with zero attached hydrogens (tertiary/aromatic N) is 6. The van der Waals surface area contributed by atoms with E-state index in [4.69, 9.17) is 9.51 Å². The fourth-order valence-corrected chi connectivity index (χ4v) is 5.05. The molecule has 4 heterocycles. The van der Waals surface area contributed by atoms with Gasteiger partial charge in [0.15, 0.2) is 5.65 Å². The minimum absolute atomic E-state index is 0.0204. The summed E-state index contributed by atoms with van der Waals surface area (Å²) in [5.41, 5.74) is 4.88. The molecule has 1 aliphatic heterocycles. The summed E-state index contributed by atoms with van der Waals surface area (Å²) in [6.07, 6.45) is 1.68. The third-order valence-corrected chi connectivity index (χ3v) is 7.69. The standard InChI is InChI=1S/C32H35FN8O2/c1-32(2,3)31-38-29(39-43-31)30(42)35-18-23-10-9-22(17-25(23)33)24-11-12-34-28-26(24)36-27(37-28)21-7-5-20(6-8-21)19-41-15-13-40(4)14-16-41/h5-12,17H,13-16,18-19H2,1-4H3,(H,35,42)(H,34,36,37). The molecular weight excluding hydrogens is 547 g/mol. The Labute approximate surface area is 249 Å². The van der Waals surface area contributed by atoms with Crippen molar-refractivity contribution in [3.8, 4) is 22.5 Å². The zero-order valence-electron chi connectivity index (χ0n) is 24.8. The Hall–Kier alpha value is -4.48. The number of carbonyl (C=O) groups excluding carboxylic acids is 1. The van der Waals surface area contributed by atoms with Gasteiger partial charge in [-0.3, -0.25) is 9.69 Å². The van der Waals surface area contributed by atoms with Gasteiger partial charge in [-0.15, -0.1) is 0 Å². The van der Waals surface area contributed by atoms with Crippen molar-refractivity contribution in [1.82, 2.24) is 40.2 Å². The number of amides is 1. The van der Waals surface area contributed by atoms with Gasteiger partial charge in [0, 0.05) is 67.6 Å². The van der Waals surface area contributed by atoms with Gasteiger partial charge in [-0.2, -0.15) is 4.98 Å². The van der Waals surface area contributed by atoms with Crippen molar-refractivity contribution in [2.45, 2.75) is 39.3 Å². The Bertz CT molecular complexity index is 1750. The molecule has 5 aromatic rings. The lowest BCUT2D eigenvalue weighted by Crippen LogP contribution is -2.43. The minimum Gasteiger partial charge on any atom is -0.345 e. The molecule has 10 nitrogen and oxygen atoms in total. The maximum absolute atomic E-state index is 15.2. The zero-order chi connectivity index (χ0) is 30.1. The molecule has 43 heavy (non-hydrogen) atoms. The summed E-state index contributed by atoms with van der Waals surface area (Å²) in [6, 6.07) is 15.2. The number of hydrogen-bond donors (Lipinski definition) is 2. The number of fused-ring (bicyclic) bond motifs is 1. The smallest absolute Gasteiger partial charge is 0.292 e. The number of pyridine rings is 1. The molecule has 1 saturated heterocycles. The molecule has 2 N–H and O–H groups in total. The largest absolute Gasteiger partial charge is 0.345 e. The van der Waals surface area contributed by atoms with Gasteiger partial charge in [-0.25, -0.2) is 14.4 Å². The lowest BCUT2D eigenvalue weighted by Gasteiger charge is -2.32. The first-order chi connectivity index (χ1) is 20.6. The normalized spacial score (nSPS) is 14.8. The molecule has 0 unspecified atom stereocenters. The number of rotatable bonds is 7. The molecule has 2 aromatic carbocycles. The summed E-state index contributed by atoms with van der Waals surface area (Å²) in [7, 11) is 2.16. The van der Waals surface area contributed by atoms with Crippen LogP contribution in [0, 0.1) is 5.82 Å². The fraction of sp³-hybridized carbons (Fsp3) is 0.344. The number of likely N-dealkylation sites (N-methyl/N-ethyl adjacent to an activating group) is 1. The van der Waals surface area contributed by atoms with E-state index in [0.717, 1.165) is 43.9 Å². The van der Waals surface area contributed by atoms with Crippen LogP contribution < -0.4 is 5.32 Å². The highest BCUT2D eigenvalue weighted by atomic mass is 19.1. The lowest BCUT2D eigenvalue weighted by atomic mass is 9.97. The van der Waals surface area contributed by atoms with E-state index in [1.165, 1.54) is 11.6 Å². The Morgan fingerprint density at radius 2 is 1.77 bits per heavy atom. The van der Waals surface area contributed by atoms with E-state index >= 15 is 4.39 Å². The van der Waals surface area contributed by atoms with Crippen LogP contribution >= 0.6 is 0 Å². The fourth-order valence-electron chi connectivity index (χ4n) is 5.05. The van der Waals surface area contributed by atoms with Crippen LogP contribution in [0.15, 0.2) is 59.3 Å². The molecule has 1 amide bonds. The van der Waals surface area contributed by atoms with Crippen LogP contribution in [0.4, 0.5) is 4.39 Å². The molecule has 6 rings (SSSR count). The van der Waals surface area contributed by atoms with Gasteiger partial charge in [-0.1, -0.05) is 62.3 Å². The van der Waals surface area contributed by atoms with Crippen LogP contribution in [0.2, 0.25) is 0 Å². The van der Waals surface area contributed by atoms with E-state index in [0.29, 0.717) is 34.0 Å². The lowest BCUT2D eigenvalue weighted by molar-refractivity contribution is 0.0937. The van der Waals surface area contributed by atoms with Gasteiger partial charge in [0.2, 0.25) is 5.89 Å². The number of aromatic amines is 1. The maximum Gasteiger partial charge on any atom is 0.292 e. The molecule has 0 radical (unpaired) electrons.